The summed E-state index contributed by atoms with van der Waals surface area (Å²) in [6.45, 7) is 6.48. The quantitative estimate of drug-likeness (QED) is 0.0262. The number of carbonyl (C=O) groups excluding carboxylic acids is 3. The van der Waals surface area contributed by atoms with Gasteiger partial charge in [0.05, 0.1) is 0 Å². The number of hydrogen-bond acceptors (Lipinski definition) is 6. The van der Waals surface area contributed by atoms with Crippen LogP contribution in [0.15, 0.2) is 72.9 Å². The third-order valence-corrected chi connectivity index (χ3v) is 11.5. The van der Waals surface area contributed by atoms with E-state index in [0.29, 0.717) is 19.3 Å². The van der Waals surface area contributed by atoms with E-state index in [0.717, 1.165) is 103 Å². The van der Waals surface area contributed by atoms with E-state index in [1.165, 1.54) is 116 Å². The first kappa shape index (κ1) is 60.9. The summed E-state index contributed by atoms with van der Waals surface area (Å²) in [5, 5.41) is 0. The fourth-order valence-electron chi connectivity index (χ4n) is 7.45. The zero-order chi connectivity index (χ0) is 46.5. The SMILES string of the molecule is CC/C=C\C/C=C\C/C=C\C/C=C\C/C=C\C/C=C\CCCCCCCCCCC(=O)OCC(COC(=O)CCCCCCCCCC)OC(=O)CCCCCCCCCCCCC. The predicted octanol–water partition coefficient (Wildman–Crippen LogP) is 17.8. The molecule has 0 aromatic heterocycles. The number of rotatable bonds is 48. The number of esters is 3. The highest BCUT2D eigenvalue weighted by Crippen LogP contribution is 2.15. The zero-order valence-corrected chi connectivity index (χ0v) is 42.0. The lowest BCUT2D eigenvalue weighted by Gasteiger charge is -2.18. The van der Waals surface area contributed by atoms with Crippen LogP contribution in [-0.4, -0.2) is 37.2 Å². The molecule has 0 saturated heterocycles. The summed E-state index contributed by atoms with van der Waals surface area (Å²) in [5.41, 5.74) is 0. The van der Waals surface area contributed by atoms with Crippen LogP contribution < -0.4 is 0 Å². The molecule has 1 unspecified atom stereocenters. The van der Waals surface area contributed by atoms with E-state index in [2.05, 4.69) is 93.7 Å². The van der Waals surface area contributed by atoms with Crippen molar-refractivity contribution in [1.29, 1.82) is 0 Å². The normalized spacial score (nSPS) is 12.6. The summed E-state index contributed by atoms with van der Waals surface area (Å²) in [5.74, 6) is -0.885. The first-order chi connectivity index (χ1) is 31.5. The number of carbonyl (C=O) groups is 3. The average molecular weight is 893 g/mol. The Bertz CT molecular complexity index is 1210. The third-order valence-electron chi connectivity index (χ3n) is 11.5. The van der Waals surface area contributed by atoms with Gasteiger partial charge in [0.15, 0.2) is 6.10 Å². The molecule has 0 amide bonds. The number of unbranched alkanes of at least 4 members (excludes halogenated alkanes) is 25. The van der Waals surface area contributed by atoms with Crippen molar-refractivity contribution >= 4 is 17.9 Å². The van der Waals surface area contributed by atoms with Crippen LogP contribution in [-0.2, 0) is 28.6 Å². The maximum atomic E-state index is 12.7. The van der Waals surface area contributed by atoms with Gasteiger partial charge in [-0.25, -0.2) is 0 Å². The van der Waals surface area contributed by atoms with Crippen LogP contribution in [0.2, 0.25) is 0 Å². The molecule has 0 heterocycles. The summed E-state index contributed by atoms with van der Waals surface area (Å²) >= 11 is 0. The van der Waals surface area contributed by atoms with Gasteiger partial charge in [-0.15, -0.1) is 0 Å². The van der Waals surface area contributed by atoms with Crippen LogP contribution in [0, 0.1) is 0 Å². The Kier molecular flexibility index (Phi) is 49.9. The van der Waals surface area contributed by atoms with Gasteiger partial charge in [0.25, 0.3) is 0 Å². The maximum absolute atomic E-state index is 12.7. The fraction of sp³-hybridized carbons (Fsp3) is 0.741. The first-order valence-corrected chi connectivity index (χ1v) is 26.9. The molecule has 0 saturated carbocycles. The van der Waals surface area contributed by atoms with Crippen LogP contribution in [0.25, 0.3) is 0 Å². The molecule has 0 aromatic carbocycles. The number of allylic oxidation sites excluding steroid dienone is 12. The van der Waals surface area contributed by atoms with E-state index in [4.69, 9.17) is 14.2 Å². The molecule has 6 heteroatoms. The Balaban J connectivity index is 4.17. The van der Waals surface area contributed by atoms with E-state index in [9.17, 15) is 14.4 Å². The highest BCUT2D eigenvalue weighted by Gasteiger charge is 2.19. The van der Waals surface area contributed by atoms with Crippen molar-refractivity contribution in [2.75, 3.05) is 13.2 Å². The zero-order valence-electron chi connectivity index (χ0n) is 42.0. The van der Waals surface area contributed by atoms with Gasteiger partial charge in [-0.05, 0) is 70.6 Å². The van der Waals surface area contributed by atoms with Gasteiger partial charge in [0, 0.05) is 19.3 Å². The molecule has 0 aliphatic heterocycles. The van der Waals surface area contributed by atoms with Crippen molar-refractivity contribution in [2.45, 2.75) is 264 Å². The lowest BCUT2D eigenvalue weighted by Crippen LogP contribution is -2.30. The van der Waals surface area contributed by atoms with Crippen molar-refractivity contribution in [3.8, 4) is 0 Å². The summed E-state index contributed by atoms with van der Waals surface area (Å²) in [6.07, 6.45) is 66.2. The van der Waals surface area contributed by atoms with Crippen LogP contribution in [0.4, 0.5) is 0 Å². The van der Waals surface area contributed by atoms with E-state index >= 15 is 0 Å². The van der Waals surface area contributed by atoms with Gasteiger partial charge in [0.2, 0.25) is 0 Å². The Morgan fingerprint density at radius 1 is 0.328 bits per heavy atom. The van der Waals surface area contributed by atoms with Crippen molar-refractivity contribution in [2.24, 2.45) is 0 Å². The van der Waals surface area contributed by atoms with Crippen LogP contribution >= 0.6 is 0 Å². The highest BCUT2D eigenvalue weighted by molar-refractivity contribution is 5.71. The smallest absolute Gasteiger partial charge is 0.306 e. The number of ether oxygens (including phenoxy) is 3. The maximum Gasteiger partial charge on any atom is 0.306 e. The minimum Gasteiger partial charge on any atom is -0.462 e. The minimum absolute atomic E-state index is 0.0749. The molecule has 368 valence electrons. The Morgan fingerprint density at radius 2 is 0.609 bits per heavy atom. The van der Waals surface area contributed by atoms with Gasteiger partial charge < -0.3 is 14.2 Å². The summed E-state index contributed by atoms with van der Waals surface area (Å²) < 4.78 is 16.7. The molecule has 6 nitrogen and oxygen atoms in total. The van der Waals surface area contributed by atoms with Crippen molar-refractivity contribution in [3.63, 3.8) is 0 Å². The molecular formula is C58H100O6. The van der Waals surface area contributed by atoms with Gasteiger partial charge in [-0.3, -0.25) is 14.4 Å². The van der Waals surface area contributed by atoms with Crippen LogP contribution in [0.5, 0.6) is 0 Å². The number of hydrogen-bond donors (Lipinski definition) is 0. The highest BCUT2D eigenvalue weighted by atomic mass is 16.6. The van der Waals surface area contributed by atoms with E-state index < -0.39 is 6.10 Å². The molecule has 0 spiro atoms. The van der Waals surface area contributed by atoms with E-state index in [-0.39, 0.29) is 31.1 Å². The second-order valence-corrected chi connectivity index (χ2v) is 17.8. The topological polar surface area (TPSA) is 78.9 Å². The van der Waals surface area contributed by atoms with E-state index in [1.807, 2.05) is 0 Å². The fourth-order valence-corrected chi connectivity index (χ4v) is 7.45. The molecule has 0 fully saturated rings. The van der Waals surface area contributed by atoms with Crippen molar-refractivity contribution in [3.05, 3.63) is 72.9 Å². The molecule has 64 heavy (non-hydrogen) atoms. The van der Waals surface area contributed by atoms with Gasteiger partial charge in [-0.2, -0.15) is 0 Å². The third kappa shape index (κ3) is 49.9. The predicted molar refractivity (Wildman–Crippen MR) is 274 cm³/mol. The second-order valence-electron chi connectivity index (χ2n) is 17.8. The molecule has 0 aliphatic rings. The summed E-state index contributed by atoms with van der Waals surface area (Å²) in [7, 11) is 0. The van der Waals surface area contributed by atoms with Gasteiger partial charge in [0.1, 0.15) is 13.2 Å². The van der Waals surface area contributed by atoms with Crippen LogP contribution in [0.3, 0.4) is 0 Å². The summed E-state index contributed by atoms with van der Waals surface area (Å²) in [4.78, 5) is 37.8. The standard InChI is InChI=1S/C58H100O6/c1-4-7-10-13-16-19-21-22-23-24-25-26-27-28-29-30-31-32-33-34-35-36-38-39-42-45-48-51-57(60)63-54-55(53-62-56(59)50-47-44-41-18-15-12-9-6-3)64-58(61)52-49-46-43-40-37-20-17-14-11-8-5-2/h7,10,16,19,22-23,25-26,28-29,31-32,55H,4-6,8-9,11-15,17-18,20-21,24,27,30,33-54H2,1-3H3/b10-7-,19-16-,23-22-,26-25-,29-28-,32-31-. The molecule has 0 aliphatic carbocycles. The average Bonchev–Trinajstić information content (AvgIpc) is 3.29. The minimum atomic E-state index is -0.772. The van der Waals surface area contributed by atoms with Crippen LogP contribution in [0.1, 0.15) is 258 Å². The molecule has 0 N–H and O–H groups in total. The van der Waals surface area contributed by atoms with Crippen molar-refractivity contribution < 1.29 is 28.6 Å². The second kappa shape index (κ2) is 52.5. The lowest BCUT2D eigenvalue weighted by molar-refractivity contribution is -0.167. The Morgan fingerprint density at radius 3 is 0.953 bits per heavy atom. The molecule has 0 aromatic rings. The largest absolute Gasteiger partial charge is 0.462 e. The molecule has 1 atom stereocenters. The molecular weight excluding hydrogens is 793 g/mol. The first-order valence-electron chi connectivity index (χ1n) is 26.9. The van der Waals surface area contributed by atoms with E-state index in [1.54, 1.807) is 0 Å². The van der Waals surface area contributed by atoms with Gasteiger partial charge >= 0.3 is 17.9 Å². The Labute approximate surface area is 395 Å². The summed E-state index contributed by atoms with van der Waals surface area (Å²) in [6, 6.07) is 0. The molecule has 0 radical (unpaired) electrons. The van der Waals surface area contributed by atoms with Crippen molar-refractivity contribution in [1.82, 2.24) is 0 Å². The molecule has 0 bridgehead atoms. The monoisotopic (exact) mass is 893 g/mol. The van der Waals surface area contributed by atoms with Gasteiger partial charge in [-0.1, -0.05) is 241 Å². The Hall–Kier alpha value is -3.15. The molecule has 0 rings (SSSR count). The lowest BCUT2D eigenvalue weighted by atomic mass is 10.1.